The van der Waals surface area contributed by atoms with Crippen LogP contribution in [0.1, 0.15) is 18.9 Å². The normalized spacial score (nSPS) is 11.6. The summed E-state index contributed by atoms with van der Waals surface area (Å²) in [5.41, 5.74) is 2.03. The number of aliphatic imine (C=N–C) groups is 1. The number of anilines is 1. The standard InChI is InChI=1S/C26H28ClN5O5/c1-2-20(26(35)28-12-13-33)15-29-24(17-32(18-34)16-19-3-5-21(27)6-4-19)30-22-7-9-23(10-8-22)37-25-11-14-36-31-25/h3-11,14-15,18,33H,2,12-13,16-17H2,1H3,(H,28,35)(H,29,30)/b20-15+. The Bertz CT molecular complexity index is 1200. The van der Waals surface area contributed by atoms with Crippen molar-refractivity contribution in [1.29, 1.82) is 0 Å². The molecule has 1 aromatic heterocycles. The minimum absolute atomic E-state index is 0.147. The van der Waals surface area contributed by atoms with E-state index in [-0.39, 0.29) is 25.6 Å². The van der Waals surface area contributed by atoms with E-state index in [0.717, 1.165) is 12.0 Å². The van der Waals surface area contributed by atoms with Crippen molar-refractivity contribution in [2.24, 2.45) is 4.99 Å². The highest BCUT2D eigenvalue weighted by atomic mass is 35.5. The van der Waals surface area contributed by atoms with Crippen LogP contribution in [0, 0.1) is 0 Å². The Labute approximate surface area is 219 Å². The number of carbonyl (C=O) groups is 2. The second-order valence-corrected chi connectivity index (χ2v) is 8.23. The third-order valence-corrected chi connectivity index (χ3v) is 5.28. The van der Waals surface area contributed by atoms with Gasteiger partial charge < -0.3 is 29.9 Å². The number of aromatic nitrogens is 1. The van der Waals surface area contributed by atoms with E-state index in [4.69, 9.17) is 26.0 Å². The summed E-state index contributed by atoms with van der Waals surface area (Å²) in [7, 11) is 0. The van der Waals surface area contributed by atoms with Crippen LogP contribution in [0.15, 0.2) is 82.1 Å². The molecule has 0 fully saturated rings. The van der Waals surface area contributed by atoms with Gasteiger partial charge in [-0.25, -0.2) is 4.99 Å². The highest BCUT2D eigenvalue weighted by Crippen LogP contribution is 2.21. The summed E-state index contributed by atoms with van der Waals surface area (Å²) in [6.07, 6.45) is 4.05. The molecule has 0 spiro atoms. The second-order valence-electron chi connectivity index (χ2n) is 7.79. The van der Waals surface area contributed by atoms with Gasteiger partial charge in [0.05, 0.1) is 13.2 Å². The lowest BCUT2D eigenvalue weighted by Crippen LogP contribution is -2.32. The summed E-state index contributed by atoms with van der Waals surface area (Å²) in [5.74, 6) is 1.02. The number of rotatable bonds is 13. The molecular weight excluding hydrogens is 498 g/mol. The summed E-state index contributed by atoms with van der Waals surface area (Å²) >= 11 is 5.97. The van der Waals surface area contributed by atoms with Crippen molar-refractivity contribution in [2.45, 2.75) is 19.9 Å². The molecular formula is C26H28ClN5O5. The summed E-state index contributed by atoms with van der Waals surface area (Å²) in [4.78, 5) is 30.2. The molecule has 0 bridgehead atoms. The molecule has 10 nitrogen and oxygen atoms in total. The predicted molar refractivity (Wildman–Crippen MR) is 140 cm³/mol. The van der Waals surface area contributed by atoms with Gasteiger partial charge in [0.2, 0.25) is 12.3 Å². The van der Waals surface area contributed by atoms with Crippen molar-refractivity contribution < 1.29 is 24.0 Å². The van der Waals surface area contributed by atoms with Gasteiger partial charge in [0.1, 0.15) is 17.8 Å². The molecule has 194 valence electrons. The molecule has 3 rings (SSSR count). The molecule has 2 aromatic carbocycles. The minimum Gasteiger partial charge on any atom is -0.436 e. The van der Waals surface area contributed by atoms with Crippen molar-refractivity contribution in [2.75, 3.05) is 25.0 Å². The van der Waals surface area contributed by atoms with Crippen molar-refractivity contribution >= 4 is 35.4 Å². The smallest absolute Gasteiger partial charge is 0.259 e. The highest BCUT2D eigenvalue weighted by Gasteiger charge is 2.11. The molecule has 3 N–H and O–H groups in total. The average molecular weight is 526 g/mol. The number of amidine groups is 1. The molecule has 1 heterocycles. The fourth-order valence-electron chi connectivity index (χ4n) is 3.16. The van der Waals surface area contributed by atoms with Gasteiger partial charge in [-0.2, -0.15) is 0 Å². The van der Waals surface area contributed by atoms with E-state index < -0.39 is 0 Å². The molecule has 0 saturated heterocycles. The number of halogens is 1. The van der Waals surface area contributed by atoms with Gasteiger partial charge in [0.25, 0.3) is 5.88 Å². The van der Waals surface area contributed by atoms with Gasteiger partial charge in [-0.3, -0.25) is 9.59 Å². The van der Waals surface area contributed by atoms with Crippen molar-refractivity contribution in [1.82, 2.24) is 15.4 Å². The fraction of sp³-hybridized carbons (Fsp3) is 0.231. The van der Waals surface area contributed by atoms with E-state index in [1.165, 1.54) is 12.5 Å². The van der Waals surface area contributed by atoms with Crippen LogP contribution in [0.25, 0.3) is 0 Å². The summed E-state index contributed by atoms with van der Waals surface area (Å²) in [6, 6.07) is 15.9. The van der Waals surface area contributed by atoms with Crippen LogP contribution in [-0.4, -0.2) is 53.0 Å². The van der Waals surface area contributed by atoms with E-state index in [1.54, 1.807) is 47.4 Å². The maximum Gasteiger partial charge on any atom is 0.259 e. The van der Waals surface area contributed by atoms with Crippen molar-refractivity contribution in [3.05, 3.63) is 83.2 Å². The molecule has 11 heteroatoms. The monoisotopic (exact) mass is 525 g/mol. The number of nitrogens with one attached hydrogen (secondary N) is 2. The van der Waals surface area contributed by atoms with Gasteiger partial charge in [-0.1, -0.05) is 30.7 Å². The quantitative estimate of drug-likeness (QED) is 0.133. The lowest BCUT2D eigenvalue weighted by molar-refractivity contribution is -0.118. The van der Waals surface area contributed by atoms with Crippen LogP contribution in [0.3, 0.4) is 0 Å². The molecule has 0 aliphatic heterocycles. The highest BCUT2D eigenvalue weighted by molar-refractivity contribution is 6.30. The van der Waals surface area contributed by atoms with E-state index in [9.17, 15) is 9.59 Å². The van der Waals surface area contributed by atoms with Gasteiger partial charge >= 0.3 is 0 Å². The SMILES string of the molecule is CC/C(=C\N=C(CN(C=O)Cc1ccc(Cl)cc1)Nc1ccc(Oc2ccon2)cc1)C(=O)NCCO. The molecule has 37 heavy (non-hydrogen) atoms. The van der Waals surface area contributed by atoms with E-state index in [1.807, 2.05) is 19.1 Å². The van der Waals surface area contributed by atoms with E-state index >= 15 is 0 Å². The van der Waals surface area contributed by atoms with Crippen LogP contribution in [-0.2, 0) is 16.1 Å². The maximum atomic E-state index is 12.3. The van der Waals surface area contributed by atoms with Gasteiger partial charge in [0, 0.05) is 41.6 Å². The number of aliphatic hydroxyl groups is 1. The molecule has 3 aromatic rings. The zero-order chi connectivity index (χ0) is 26.5. The Kier molecular flexibility index (Phi) is 10.7. The number of hydrogen-bond acceptors (Lipinski definition) is 7. The molecule has 2 amide bonds. The van der Waals surface area contributed by atoms with E-state index in [2.05, 4.69) is 20.8 Å². The van der Waals surface area contributed by atoms with Crippen LogP contribution in [0.4, 0.5) is 5.69 Å². The number of carbonyl (C=O) groups excluding carboxylic acids is 2. The lowest BCUT2D eigenvalue weighted by Gasteiger charge is -2.20. The Hall–Kier alpha value is -4.15. The largest absolute Gasteiger partial charge is 0.436 e. The zero-order valence-corrected chi connectivity index (χ0v) is 21.0. The Balaban J connectivity index is 1.79. The van der Waals surface area contributed by atoms with Crippen molar-refractivity contribution in [3.63, 3.8) is 0 Å². The van der Waals surface area contributed by atoms with Gasteiger partial charge in [-0.15, -0.1) is 0 Å². The van der Waals surface area contributed by atoms with Crippen LogP contribution >= 0.6 is 11.6 Å². The first kappa shape index (κ1) is 27.4. The van der Waals surface area contributed by atoms with E-state index in [0.29, 0.717) is 46.7 Å². The minimum atomic E-state index is -0.317. The first-order valence-corrected chi connectivity index (χ1v) is 11.9. The topological polar surface area (TPSA) is 129 Å². The summed E-state index contributed by atoms with van der Waals surface area (Å²) in [6.45, 7) is 2.31. The van der Waals surface area contributed by atoms with Crippen LogP contribution in [0.5, 0.6) is 11.6 Å². The third-order valence-electron chi connectivity index (χ3n) is 5.03. The van der Waals surface area contributed by atoms with Crippen LogP contribution in [0.2, 0.25) is 5.02 Å². The first-order valence-electron chi connectivity index (χ1n) is 11.5. The Morgan fingerprint density at radius 3 is 2.57 bits per heavy atom. The number of amides is 2. The fourth-order valence-corrected chi connectivity index (χ4v) is 3.28. The lowest BCUT2D eigenvalue weighted by atomic mass is 10.2. The first-order chi connectivity index (χ1) is 18.0. The third kappa shape index (κ3) is 9.10. The second kappa shape index (κ2) is 14.4. The van der Waals surface area contributed by atoms with Crippen molar-refractivity contribution in [3.8, 4) is 11.6 Å². The molecule has 0 atom stereocenters. The number of aliphatic hydroxyl groups excluding tert-OH is 1. The Morgan fingerprint density at radius 1 is 1.19 bits per heavy atom. The van der Waals surface area contributed by atoms with Crippen LogP contribution < -0.4 is 15.4 Å². The predicted octanol–water partition coefficient (Wildman–Crippen LogP) is 3.99. The van der Waals surface area contributed by atoms with Gasteiger partial charge in [-0.05, 0) is 53.5 Å². The Morgan fingerprint density at radius 2 is 1.95 bits per heavy atom. The number of benzene rings is 2. The van der Waals surface area contributed by atoms with Gasteiger partial charge in [0.15, 0.2) is 0 Å². The zero-order valence-electron chi connectivity index (χ0n) is 20.3. The number of hydrogen-bond donors (Lipinski definition) is 3. The molecule has 0 radical (unpaired) electrons. The molecule has 0 saturated carbocycles. The summed E-state index contributed by atoms with van der Waals surface area (Å²) < 4.78 is 10.4. The average Bonchev–Trinajstić information content (AvgIpc) is 3.42. The maximum absolute atomic E-state index is 12.3. The molecule has 0 unspecified atom stereocenters. The number of nitrogens with zero attached hydrogens (tertiary/aromatic N) is 3. The summed E-state index contributed by atoms with van der Waals surface area (Å²) in [5, 5.41) is 19.1. The molecule has 0 aliphatic rings. The number of ether oxygens (including phenoxy) is 1. The molecule has 0 aliphatic carbocycles.